The third-order valence-corrected chi connectivity index (χ3v) is 2.99. The van der Waals surface area contributed by atoms with Gasteiger partial charge in [0.1, 0.15) is 5.60 Å². The van der Waals surface area contributed by atoms with Crippen LogP contribution in [0.25, 0.3) is 0 Å². The highest BCUT2D eigenvalue weighted by Crippen LogP contribution is 2.23. The summed E-state index contributed by atoms with van der Waals surface area (Å²) in [5.41, 5.74) is -0.587. The minimum Gasteiger partial charge on any atom is -0.444 e. The summed E-state index contributed by atoms with van der Waals surface area (Å²) in [5.74, 6) is -0.289. The van der Waals surface area contributed by atoms with E-state index in [0.717, 1.165) is 0 Å². The second-order valence-corrected chi connectivity index (χ2v) is 5.61. The molecule has 1 aliphatic heterocycles. The zero-order valence-corrected chi connectivity index (χ0v) is 12.0. The highest BCUT2D eigenvalue weighted by atomic mass is 35.5. The van der Waals surface area contributed by atoms with Gasteiger partial charge in [-0.1, -0.05) is 0 Å². The minimum atomic E-state index is -0.587. The molecule has 0 saturated carbocycles. The second-order valence-electron chi connectivity index (χ2n) is 5.34. The number of alkyl halides is 1. The van der Waals surface area contributed by atoms with Crippen LogP contribution in [0.4, 0.5) is 4.79 Å². The van der Waals surface area contributed by atoms with E-state index >= 15 is 0 Å². The summed E-state index contributed by atoms with van der Waals surface area (Å²) in [6, 6.07) is -0.540. The molecule has 0 spiro atoms. The summed E-state index contributed by atoms with van der Waals surface area (Å²) in [6.45, 7) is 5.71. The van der Waals surface area contributed by atoms with Gasteiger partial charge in [0.15, 0.2) is 5.78 Å². The van der Waals surface area contributed by atoms with Crippen molar-refractivity contribution in [2.75, 3.05) is 19.5 Å². The summed E-state index contributed by atoms with van der Waals surface area (Å²) in [5, 5.41) is 0. The zero-order valence-electron chi connectivity index (χ0n) is 11.2. The van der Waals surface area contributed by atoms with Crippen molar-refractivity contribution in [1.29, 1.82) is 0 Å². The molecular weight excluding hydrogens is 258 g/mol. The Labute approximate surface area is 112 Å². The Kier molecular flexibility index (Phi) is 4.99. The number of carbonyl (C=O) groups excluding carboxylic acids is 2. The Morgan fingerprint density at radius 3 is 2.44 bits per heavy atom. The number of ketones is 1. The first-order chi connectivity index (χ1) is 8.28. The molecule has 0 bridgehead atoms. The lowest BCUT2D eigenvalue weighted by molar-refractivity contribution is -0.121. The molecule has 2 atom stereocenters. The number of methoxy groups -OCH3 is 1. The van der Waals surface area contributed by atoms with Gasteiger partial charge in [-0.05, 0) is 20.8 Å². The fourth-order valence-electron chi connectivity index (χ4n) is 1.88. The van der Waals surface area contributed by atoms with Crippen molar-refractivity contribution in [2.24, 2.45) is 0 Å². The molecule has 0 aromatic rings. The van der Waals surface area contributed by atoms with Gasteiger partial charge in [-0.2, -0.15) is 0 Å². The predicted molar refractivity (Wildman–Crippen MR) is 67.9 cm³/mol. The Bertz CT molecular complexity index is 327. The van der Waals surface area contributed by atoms with Crippen LogP contribution in [0.15, 0.2) is 0 Å². The minimum absolute atomic E-state index is 0.111. The van der Waals surface area contributed by atoms with E-state index in [1.807, 2.05) is 0 Å². The van der Waals surface area contributed by atoms with E-state index in [-0.39, 0.29) is 17.8 Å². The van der Waals surface area contributed by atoms with Crippen molar-refractivity contribution in [3.8, 4) is 0 Å². The van der Waals surface area contributed by atoms with Crippen LogP contribution in [0.5, 0.6) is 0 Å². The third kappa shape index (κ3) is 3.85. The maximum Gasteiger partial charge on any atom is 0.410 e. The van der Waals surface area contributed by atoms with E-state index in [1.54, 1.807) is 27.9 Å². The highest BCUT2D eigenvalue weighted by molar-refractivity contribution is 6.28. The van der Waals surface area contributed by atoms with Crippen molar-refractivity contribution in [3.63, 3.8) is 0 Å². The van der Waals surface area contributed by atoms with Gasteiger partial charge in [-0.3, -0.25) is 9.69 Å². The lowest BCUT2D eigenvalue weighted by atomic mass is 10.1. The largest absolute Gasteiger partial charge is 0.444 e. The summed E-state index contributed by atoms with van der Waals surface area (Å²) < 4.78 is 10.5. The fraction of sp³-hybridized carbons (Fsp3) is 0.833. The summed E-state index contributed by atoms with van der Waals surface area (Å²) in [4.78, 5) is 25.1. The highest BCUT2D eigenvalue weighted by Gasteiger charge is 2.40. The molecule has 0 aliphatic carbocycles. The zero-order chi connectivity index (χ0) is 13.9. The van der Waals surface area contributed by atoms with Crippen molar-refractivity contribution in [2.45, 2.75) is 44.9 Å². The number of hydrogen-bond acceptors (Lipinski definition) is 4. The van der Waals surface area contributed by atoms with Crippen molar-refractivity contribution >= 4 is 23.5 Å². The van der Waals surface area contributed by atoms with Gasteiger partial charge < -0.3 is 9.47 Å². The standard InChI is InChI=1S/C12H20ClNO4/c1-12(2,3)18-11(16)14-7-8(17-4)5-9(14)10(15)6-13/h8-9H,5-7H2,1-4H3/t8-,9?/m0/s1. The Balaban J connectivity index is 2.77. The van der Waals surface area contributed by atoms with Gasteiger partial charge in [0.2, 0.25) is 0 Å². The van der Waals surface area contributed by atoms with Crippen molar-refractivity contribution < 1.29 is 19.1 Å². The van der Waals surface area contributed by atoms with Crippen LogP contribution in [0.2, 0.25) is 0 Å². The molecular formula is C12H20ClNO4. The molecule has 1 fully saturated rings. The normalized spacial score (nSPS) is 24.2. The maximum atomic E-state index is 12.0. The van der Waals surface area contributed by atoms with Gasteiger partial charge in [0.25, 0.3) is 0 Å². The SMILES string of the molecule is CO[C@H]1CC(C(=O)CCl)N(C(=O)OC(C)(C)C)C1. The first-order valence-electron chi connectivity index (χ1n) is 5.89. The molecule has 0 aromatic heterocycles. The molecule has 18 heavy (non-hydrogen) atoms. The van der Waals surface area contributed by atoms with Gasteiger partial charge in [-0.15, -0.1) is 11.6 Å². The van der Waals surface area contributed by atoms with E-state index in [2.05, 4.69) is 0 Å². The lowest BCUT2D eigenvalue weighted by Gasteiger charge is -2.27. The molecule has 1 unspecified atom stereocenters. The topological polar surface area (TPSA) is 55.8 Å². The number of ether oxygens (including phenoxy) is 2. The number of Topliss-reactive ketones (excluding diaryl/α,β-unsaturated/α-hetero) is 1. The fourth-order valence-corrected chi connectivity index (χ4v) is 2.06. The Morgan fingerprint density at radius 2 is 2.00 bits per heavy atom. The third-order valence-electron chi connectivity index (χ3n) is 2.73. The van der Waals surface area contributed by atoms with Gasteiger partial charge in [0, 0.05) is 13.5 Å². The molecule has 1 heterocycles. The van der Waals surface area contributed by atoms with E-state index < -0.39 is 17.7 Å². The number of halogens is 1. The van der Waals surface area contributed by atoms with Gasteiger partial charge in [0.05, 0.1) is 24.6 Å². The summed E-state index contributed by atoms with van der Waals surface area (Å²) >= 11 is 5.56. The molecule has 1 aliphatic rings. The molecule has 104 valence electrons. The molecule has 0 radical (unpaired) electrons. The monoisotopic (exact) mass is 277 g/mol. The van der Waals surface area contributed by atoms with Crippen LogP contribution in [0.1, 0.15) is 27.2 Å². The number of rotatable bonds is 3. The van der Waals surface area contributed by atoms with Crippen LogP contribution in [0.3, 0.4) is 0 Å². The predicted octanol–water partition coefficient (Wildman–Crippen LogP) is 1.82. The van der Waals surface area contributed by atoms with Gasteiger partial charge >= 0.3 is 6.09 Å². The first-order valence-corrected chi connectivity index (χ1v) is 6.43. The summed E-state index contributed by atoms with van der Waals surface area (Å²) in [7, 11) is 1.56. The quantitative estimate of drug-likeness (QED) is 0.739. The van der Waals surface area contributed by atoms with Crippen LogP contribution < -0.4 is 0 Å². The first kappa shape index (κ1) is 15.2. The van der Waals surface area contributed by atoms with Gasteiger partial charge in [-0.25, -0.2) is 4.79 Å². The summed E-state index contributed by atoms with van der Waals surface area (Å²) in [6.07, 6.45) is -0.165. The molecule has 0 aromatic carbocycles. The Hall–Kier alpha value is -0.810. The molecule has 1 saturated heterocycles. The van der Waals surface area contributed by atoms with Crippen molar-refractivity contribution in [3.05, 3.63) is 0 Å². The molecule has 5 nitrogen and oxygen atoms in total. The number of hydrogen-bond donors (Lipinski definition) is 0. The molecule has 1 amide bonds. The molecule has 1 rings (SSSR count). The van der Waals surface area contributed by atoms with E-state index in [1.165, 1.54) is 4.90 Å². The average molecular weight is 278 g/mol. The van der Waals surface area contributed by atoms with E-state index in [9.17, 15) is 9.59 Å². The number of carbonyl (C=O) groups is 2. The Morgan fingerprint density at radius 1 is 1.39 bits per heavy atom. The van der Waals surface area contributed by atoms with Crippen molar-refractivity contribution in [1.82, 2.24) is 4.90 Å². The van der Waals surface area contributed by atoms with Crippen LogP contribution in [-0.4, -0.2) is 54.1 Å². The van der Waals surface area contributed by atoms with Crippen LogP contribution >= 0.6 is 11.6 Å². The number of nitrogens with zero attached hydrogens (tertiary/aromatic N) is 1. The second kappa shape index (κ2) is 5.89. The lowest BCUT2D eigenvalue weighted by Crippen LogP contribution is -2.44. The average Bonchev–Trinajstić information content (AvgIpc) is 2.69. The number of likely N-dealkylation sites (tertiary alicyclic amines) is 1. The maximum absolute atomic E-state index is 12.0. The van der Waals surface area contributed by atoms with E-state index in [4.69, 9.17) is 21.1 Å². The van der Waals surface area contributed by atoms with Crippen LogP contribution in [0, 0.1) is 0 Å². The van der Waals surface area contributed by atoms with E-state index in [0.29, 0.717) is 13.0 Å². The number of amides is 1. The molecule has 6 heteroatoms. The molecule has 0 N–H and O–H groups in total. The smallest absolute Gasteiger partial charge is 0.410 e. The van der Waals surface area contributed by atoms with Crippen LogP contribution in [-0.2, 0) is 14.3 Å².